The molecule has 0 aliphatic heterocycles. The van der Waals surface area contributed by atoms with Gasteiger partial charge in [0.2, 0.25) is 5.95 Å². The Labute approximate surface area is 326 Å². The molecule has 0 aliphatic rings. The van der Waals surface area contributed by atoms with Gasteiger partial charge in [-0.25, -0.2) is 4.98 Å². The van der Waals surface area contributed by atoms with Crippen molar-refractivity contribution in [1.29, 1.82) is 0 Å². The van der Waals surface area contributed by atoms with Crippen LogP contribution in [0.1, 0.15) is 0 Å². The summed E-state index contributed by atoms with van der Waals surface area (Å²) in [6, 6.07) is 65.4. The Bertz CT molecular complexity index is 3430. The third-order valence-electron chi connectivity index (χ3n) is 11.2. The molecule has 12 aromatic rings. The second-order valence-electron chi connectivity index (χ2n) is 14.4. The first-order valence-electron chi connectivity index (χ1n) is 19.1. The van der Waals surface area contributed by atoms with Gasteiger partial charge < -0.3 is 8.98 Å². The first-order chi connectivity index (χ1) is 28.3. The zero-order chi connectivity index (χ0) is 37.5. The van der Waals surface area contributed by atoms with Crippen molar-refractivity contribution < 1.29 is 4.42 Å². The third kappa shape index (κ3) is 4.81. The van der Waals surface area contributed by atoms with Gasteiger partial charge in [-0.1, -0.05) is 133 Å². The molecule has 0 fully saturated rings. The van der Waals surface area contributed by atoms with Crippen LogP contribution in [0.3, 0.4) is 0 Å². The van der Waals surface area contributed by atoms with E-state index in [0.717, 1.165) is 82.7 Å². The van der Waals surface area contributed by atoms with Crippen molar-refractivity contribution in [2.45, 2.75) is 0 Å². The SMILES string of the molecule is c1ccc(-c2cc(-c3nc(-c4ccccc4-n4c5ccccc5c5ccccc54)nc(-n4c5ccccc5c5ccccc54)n3)cc3oc4ccccc4c23)cc1. The second-order valence-corrected chi connectivity index (χ2v) is 14.4. The van der Waals surface area contributed by atoms with Gasteiger partial charge in [0.15, 0.2) is 11.6 Å². The zero-order valence-electron chi connectivity index (χ0n) is 30.5. The molecule has 0 amide bonds. The van der Waals surface area contributed by atoms with Crippen LogP contribution in [0.2, 0.25) is 0 Å². The van der Waals surface area contributed by atoms with E-state index in [0.29, 0.717) is 17.6 Å². The summed E-state index contributed by atoms with van der Waals surface area (Å²) < 4.78 is 11.1. The van der Waals surface area contributed by atoms with Gasteiger partial charge in [-0.2, -0.15) is 9.97 Å². The Morgan fingerprint density at radius 1 is 0.351 bits per heavy atom. The third-order valence-corrected chi connectivity index (χ3v) is 11.2. The van der Waals surface area contributed by atoms with E-state index >= 15 is 0 Å². The first-order valence-corrected chi connectivity index (χ1v) is 19.1. The molecule has 0 bridgehead atoms. The van der Waals surface area contributed by atoms with Crippen molar-refractivity contribution in [3.05, 3.63) is 188 Å². The summed E-state index contributed by atoms with van der Waals surface area (Å²) in [6.45, 7) is 0. The minimum atomic E-state index is 0.537. The molecule has 0 unspecified atom stereocenters. The van der Waals surface area contributed by atoms with Crippen LogP contribution in [0.15, 0.2) is 192 Å². The van der Waals surface area contributed by atoms with Crippen LogP contribution in [-0.4, -0.2) is 24.1 Å². The fraction of sp³-hybridized carbons (Fsp3) is 0. The predicted molar refractivity (Wildman–Crippen MR) is 232 cm³/mol. The fourth-order valence-corrected chi connectivity index (χ4v) is 8.72. The molecule has 6 nitrogen and oxygen atoms in total. The molecule has 6 heteroatoms. The molecule has 12 rings (SSSR count). The van der Waals surface area contributed by atoms with Crippen molar-refractivity contribution in [3.63, 3.8) is 0 Å². The second kappa shape index (κ2) is 12.3. The smallest absolute Gasteiger partial charge is 0.238 e. The minimum Gasteiger partial charge on any atom is -0.456 e. The summed E-state index contributed by atoms with van der Waals surface area (Å²) >= 11 is 0. The van der Waals surface area contributed by atoms with Gasteiger partial charge in [-0.05, 0) is 65.7 Å². The molecule has 4 heterocycles. The fourth-order valence-electron chi connectivity index (χ4n) is 8.72. The van der Waals surface area contributed by atoms with Crippen molar-refractivity contribution in [1.82, 2.24) is 24.1 Å². The number of rotatable bonds is 5. The molecule has 0 atom stereocenters. The molecule has 0 spiro atoms. The molecule has 4 aromatic heterocycles. The van der Waals surface area contributed by atoms with Crippen LogP contribution >= 0.6 is 0 Å². The standard InChI is InChI=1S/C51H31N5O/c1-2-16-32(17-3-1)40-30-33(31-47-48(40)39-23-9-15-29-46(39)57-47)49-52-50(54-51(53-49)56-43-26-12-6-20-36(43)37-21-7-13-27-44(37)56)38-22-8-14-28-45(38)55-41-24-10-4-18-34(41)35-19-5-11-25-42(35)55/h1-31H. The van der Waals surface area contributed by atoms with Gasteiger partial charge in [0, 0.05) is 43.4 Å². The van der Waals surface area contributed by atoms with Crippen molar-refractivity contribution in [2.24, 2.45) is 0 Å². The first kappa shape index (κ1) is 31.5. The van der Waals surface area contributed by atoms with Gasteiger partial charge in [0.05, 0.1) is 27.8 Å². The Balaban J connectivity index is 1.18. The number of para-hydroxylation sites is 6. The van der Waals surface area contributed by atoms with Gasteiger partial charge in [0.1, 0.15) is 11.2 Å². The number of furan rings is 1. The van der Waals surface area contributed by atoms with E-state index in [1.54, 1.807) is 0 Å². The molecule has 266 valence electrons. The van der Waals surface area contributed by atoms with Gasteiger partial charge in [-0.15, -0.1) is 0 Å². The summed E-state index contributed by atoms with van der Waals surface area (Å²) in [5.41, 5.74) is 10.7. The maximum Gasteiger partial charge on any atom is 0.238 e. The van der Waals surface area contributed by atoms with E-state index in [9.17, 15) is 0 Å². The van der Waals surface area contributed by atoms with Crippen LogP contribution in [0.4, 0.5) is 0 Å². The Morgan fingerprint density at radius 3 is 1.51 bits per heavy atom. The summed E-state index contributed by atoms with van der Waals surface area (Å²) in [6.07, 6.45) is 0. The predicted octanol–water partition coefficient (Wildman–Crippen LogP) is 13.0. The molecule has 0 saturated carbocycles. The van der Waals surface area contributed by atoms with E-state index in [4.69, 9.17) is 19.4 Å². The monoisotopic (exact) mass is 729 g/mol. The minimum absolute atomic E-state index is 0.537. The van der Waals surface area contributed by atoms with Crippen LogP contribution < -0.4 is 0 Å². The maximum absolute atomic E-state index is 6.58. The van der Waals surface area contributed by atoms with Crippen LogP contribution in [0, 0.1) is 0 Å². The number of hydrogen-bond donors (Lipinski definition) is 0. The lowest BCUT2D eigenvalue weighted by Crippen LogP contribution is -2.08. The quantitative estimate of drug-likeness (QED) is 0.177. The summed E-state index contributed by atoms with van der Waals surface area (Å²) in [5, 5.41) is 6.79. The van der Waals surface area contributed by atoms with Crippen molar-refractivity contribution >= 4 is 65.6 Å². The average Bonchev–Trinajstić information content (AvgIpc) is 3.94. The van der Waals surface area contributed by atoms with E-state index in [2.05, 4.69) is 179 Å². The summed E-state index contributed by atoms with van der Waals surface area (Å²) in [5.74, 6) is 1.66. The maximum atomic E-state index is 6.58. The highest BCUT2D eigenvalue weighted by atomic mass is 16.3. The van der Waals surface area contributed by atoms with Crippen molar-refractivity contribution in [2.75, 3.05) is 0 Å². The van der Waals surface area contributed by atoms with Gasteiger partial charge in [0.25, 0.3) is 0 Å². The highest BCUT2D eigenvalue weighted by Crippen LogP contribution is 2.41. The number of aromatic nitrogens is 5. The number of fused-ring (bicyclic) bond motifs is 9. The Morgan fingerprint density at radius 2 is 0.860 bits per heavy atom. The van der Waals surface area contributed by atoms with Gasteiger partial charge in [-0.3, -0.25) is 4.57 Å². The Kier molecular flexibility index (Phi) is 6.83. The van der Waals surface area contributed by atoms with Gasteiger partial charge >= 0.3 is 0 Å². The number of benzene rings is 8. The molecule has 0 N–H and O–H groups in total. The molecule has 0 aliphatic carbocycles. The van der Waals surface area contributed by atoms with E-state index in [1.807, 2.05) is 18.2 Å². The topological polar surface area (TPSA) is 61.7 Å². The largest absolute Gasteiger partial charge is 0.456 e. The lowest BCUT2D eigenvalue weighted by Gasteiger charge is -2.15. The molecule has 0 saturated heterocycles. The lowest BCUT2D eigenvalue weighted by molar-refractivity contribution is 0.669. The zero-order valence-corrected chi connectivity index (χ0v) is 30.5. The van der Waals surface area contributed by atoms with E-state index in [1.165, 1.54) is 10.8 Å². The van der Waals surface area contributed by atoms with Crippen LogP contribution in [0.25, 0.3) is 111 Å². The normalized spacial score (nSPS) is 11.9. The molecule has 57 heavy (non-hydrogen) atoms. The average molecular weight is 730 g/mol. The highest BCUT2D eigenvalue weighted by molar-refractivity contribution is 6.14. The molecular weight excluding hydrogens is 699 g/mol. The van der Waals surface area contributed by atoms with Crippen molar-refractivity contribution in [3.8, 4) is 45.5 Å². The summed E-state index contributed by atoms with van der Waals surface area (Å²) in [7, 11) is 0. The number of hydrogen-bond acceptors (Lipinski definition) is 4. The highest BCUT2D eigenvalue weighted by Gasteiger charge is 2.22. The summed E-state index contributed by atoms with van der Waals surface area (Å²) in [4.78, 5) is 16.1. The Hall–Kier alpha value is -7.83. The van der Waals surface area contributed by atoms with Crippen LogP contribution in [0.5, 0.6) is 0 Å². The molecular formula is C51H31N5O. The molecule has 0 radical (unpaired) electrons. The number of nitrogens with zero attached hydrogens (tertiary/aromatic N) is 5. The lowest BCUT2D eigenvalue weighted by atomic mass is 9.97. The van der Waals surface area contributed by atoms with E-state index < -0.39 is 0 Å². The van der Waals surface area contributed by atoms with E-state index in [-0.39, 0.29) is 0 Å². The molecule has 8 aromatic carbocycles. The van der Waals surface area contributed by atoms with Crippen LogP contribution in [-0.2, 0) is 0 Å².